The van der Waals surface area contributed by atoms with Crippen LogP contribution in [0.2, 0.25) is 0 Å². The third-order valence-corrected chi connectivity index (χ3v) is 2.87. The lowest BCUT2D eigenvalue weighted by molar-refractivity contribution is -0.139. The molecule has 3 nitrogen and oxygen atoms in total. The van der Waals surface area contributed by atoms with Crippen LogP contribution < -0.4 is 5.32 Å². The molecule has 0 spiro atoms. The number of carboxylic acids is 1. The van der Waals surface area contributed by atoms with Crippen LogP contribution in [0.3, 0.4) is 0 Å². The predicted molar refractivity (Wildman–Crippen MR) is 70.0 cm³/mol. The van der Waals surface area contributed by atoms with E-state index in [2.05, 4.69) is 5.32 Å². The van der Waals surface area contributed by atoms with Gasteiger partial charge in [0.15, 0.2) is 0 Å². The Morgan fingerprint density at radius 2 is 1.50 bits per heavy atom. The van der Waals surface area contributed by atoms with Crippen molar-refractivity contribution in [2.45, 2.75) is 12.6 Å². The quantitative estimate of drug-likeness (QED) is 0.883. The highest BCUT2D eigenvalue weighted by atomic mass is 19.1. The van der Waals surface area contributed by atoms with Gasteiger partial charge >= 0.3 is 5.97 Å². The molecular weight excluding hydrogens is 264 g/mol. The van der Waals surface area contributed by atoms with E-state index in [1.807, 2.05) is 0 Å². The van der Waals surface area contributed by atoms with Crippen molar-refractivity contribution in [1.29, 1.82) is 0 Å². The van der Waals surface area contributed by atoms with Crippen LogP contribution in [0.25, 0.3) is 0 Å². The molecule has 0 saturated carbocycles. The molecule has 1 unspecified atom stereocenters. The van der Waals surface area contributed by atoms with E-state index in [1.165, 1.54) is 36.4 Å². The topological polar surface area (TPSA) is 49.3 Å². The maximum Gasteiger partial charge on any atom is 0.325 e. The van der Waals surface area contributed by atoms with Crippen molar-refractivity contribution in [1.82, 2.24) is 5.32 Å². The molecule has 5 heteroatoms. The fourth-order valence-corrected chi connectivity index (χ4v) is 1.83. The molecule has 0 amide bonds. The molecule has 0 bridgehead atoms. The highest BCUT2D eigenvalue weighted by Crippen LogP contribution is 2.15. The summed E-state index contributed by atoms with van der Waals surface area (Å²) in [6.45, 7) is 0.272. The number of hydrogen-bond acceptors (Lipinski definition) is 2. The Morgan fingerprint density at radius 1 is 1.00 bits per heavy atom. The molecule has 0 aliphatic rings. The molecule has 2 aromatic carbocycles. The fourth-order valence-electron chi connectivity index (χ4n) is 1.83. The normalized spacial score (nSPS) is 12.1. The molecule has 2 N–H and O–H groups in total. The number of rotatable bonds is 5. The van der Waals surface area contributed by atoms with Crippen molar-refractivity contribution < 1.29 is 18.7 Å². The van der Waals surface area contributed by atoms with E-state index in [0.29, 0.717) is 5.56 Å². The summed E-state index contributed by atoms with van der Waals surface area (Å²) < 4.78 is 25.6. The third kappa shape index (κ3) is 3.61. The zero-order valence-electron chi connectivity index (χ0n) is 10.5. The van der Waals surface area contributed by atoms with Crippen molar-refractivity contribution in [3.05, 3.63) is 71.3 Å². The van der Waals surface area contributed by atoms with Crippen molar-refractivity contribution in [2.75, 3.05) is 0 Å². The summed E-state index contributed by atoms with van der Waals surface area (Å²) in [5.41, 5.74) is 1.22. The molecule has 0 fully saturated rings. The maximum atomic E-state index is 12.8. The lowest BCUT2D eigenvalue weighted by Crippen LogP contribution is -2.28. The third-order valence-electron chi connectivity index (χ3n) is 2.87. The van der Waals surface area contributed by atoms with Gasteiger partial charge in [0, 0.05) is 6.54 Å². The number of carbonyl (C=O) groups is 1. The Hall–Kier alpha value is -2.27. The highest BCUT2D eigenvalue weighted by molar-refractivity contribution is 5.75. The van der Waals surface area contributed by atoms with Gasteiger partial charge < -0.3 is 5.11 Å². The first-order valence-electron chi connectivity index (χ1n) is 6.02. The van der Waals surface area contributed by atoms with Gasteiger partial charge in [-0.3, -0.25) is 10.1 Å². The summed E-state index contributed by atoms with van der Waals surface area (Å²) in [6.07, 6.45) is 0. The van der Waals surface area contributed by atoms with Gasteiger partial charge in [-0.1, -0.05) is 24.3 Å². The van der Waals surface area contributed by atoms with Crippen LogP contribution in [-0.2, 0) is 11.3 Å². The number of nitrogens with one attached hydrogen (secondary N) is 1. The second kappa shape index (κ2) is 6.25. The van der Waals surface area contributed by atoms with E-state index in [0.717, 1.165) is 5.56 Å². The molecule has 2 aromatic rings. The summed E-state index contributed by atoms with van der Waals surface area (Å²) in [4.78, 5) is 11.2. The highest BCUT2D eigenvalue weighted by Gasteiger charge is 2.18. The summed E-state index contributed by atoms with van der Waals surface area (Å²) in [5, 5.41) is 12.0. The van der Waals surface area contributed by atoms with Crippen molar-refractivity contribution in [3.8, 4) is 0 Å². The molecule has 104 valence electrons. The molecule has 20 heavy (non-hydrogen) atoms. The smallest absolute Gasteiger partial charge is 0.325 e. The predicted octanol–water partition coefficient (Wildman–Crippen LogP) is 2.88. The van der Waals surface area contributed by atoms with Crippen molar-refractivity contribution in [2.24, 2.45) is 0 Å². The SMILES string of the molecule is O=C(O)C(NCc1ccc(F)cc1)c1ccc(F)cc1. The van der Waals surface area contributed by atoms with Gasteiger partial charge in [-0.25, -0.2) is 8.78 Å². The Balaban J connectivity index is 2.08. The van der Waals surface area contributed by atoms with Gasteiger partial charge in [-0.05, 0) is 35.4 Å². The van der Waals surface area contributed by atoms with Crippen LogP contribution in [0.5, 0.6) is 0 Å². The molecule has 0 radical (unpaired) electrons. The van der Waals surface area contributed by atoms with E-state index in [1.54, 1.807) is 12.1 Å². The zero-order valence-corrected chi connectivity index (χ0v) is 10.5. The second-order valence-corrected chi connectivity index (χ2v) is 4.33. The number of aliphatic carboxylic acids is 1. The fraction of sp³-hybridized carbons (Fsp3) is 0.133. The summed E-state index contributed by atoms with van der Waals surface area (Å²) >= 11 is 0. The van der Waals surface area contributed by atoms with Gasteiger partial charge in [-0.2, -0.15) is 0 Å². The average Bonchev–Trinajstić information content (AvgIpc) is 2.43. The van der Waals surface area contributed by atoms with Gasteiger partial charge in [0.05, 0.1) is 0 Å². The van der Waals surface area contributed by atoms with Gasteiger partial charge in [0.2, 0.25) is 0 Å². The molecule has 0 aliphatic carbocycles. The number of hydrogen-bond donors (Lipinski definition) is 2. The zero-order chi connectivity index (χ0) is 14.5. The van der Waals surface area contributed by atoms with Crippen molar-refractivity contribution >= 4 is 5.97 Å². The first-order valence-corrected chi connectivity index (χ1v) is 6.02. The minimum atomic E-state index is -1.06. The van der Waals surface area contributed by atoms with Gasteiger partial charge in [0.1, 0.15) is 17.7 Å². The lowest BCUT2D eigenvalue weighted by Gasteiger charge is -2.15. The van der Waals surface area contributed by atoms with E-state index >= 15 is 0 Å². The van der Waals surface area contributed by atoms with E-state index < -0.39 is 17.8 Å². The van der Waals surface area contributed by atoms with E-state index in [-0.39, 0.29) is 12.4 Å². The van der Waals surface area contributed by atoms with Gasteiger partial charge in [-0.15, -0.1) is 0 Å². The largest absolute Gasteiger partial charge is 0.480 e. The van der Waals surface area contributed by atoms with Crippen LogP contribution in [-0.4, -0.2) is 11.1 Å². The summed E-state index contributed by atoms with van der Waals surface area (Å²) in [7, 11) is 0. The Kier molecular flexibility index (Phi) is 4.42. The first kappa shape index (κ1) is 14.1. The second-order valence-electron chi connectivity index (χ2n) is 4.33. The molecule has 0 saturated heterocycles. The number of carboxylic acid groups (broad SMARTS) is 1. The monoisotopic (exact) mass is 277 g/mol. The molecule has 0 heterocycles. The summed E-state index contributed by atoms with van der Waals surface area (Å²) in [5.74, 6) is -1.82. The van der Waals surface area contributed by atoms with Crippen LogP contribution in [0.15, 0.2) is 48.5 Å². The molecule has 1 atom stereocenters. The molecule has 0 aliphatic heterocycles. The van der Waals surface area contributed by atoms with Crippen molar-refractivity contribution in [3.63, 3.8) is 0 Å². The van der Waals surface area contributed by atoms with Crippen LogP contribution in [0.1, 0.15) is 17.2 Å². The van der Waals surface area contributed by atoms with E-state index in [4.69, 9.17) is 0 Å². The van der Waals surface area contributed by atoms with Crippen LogP contribution in [0.4, 0.5) is 8.78 Å². The number of halogens is 2. The first-order chi connectivity index (χ1) is 9.56. The van der Waals surface area contributed by atoms with Crippen LogP contribution >= 0.6 is 0 Å². The summed E-state index contributed by atoms with van der Waals surface area (Å²) in [6, 6.07) is 10.1. The van der Waals surface area contributed by atoms with Crippen LogP contribution in [0, 0.1) is 11.6 Å². The lowest BCUT2D eigenvalue weighted by atomic mass is 10.1. The Morgan fingerprint density at radius 3 is 2.00 bits per heavy atom. The standard InChI is InChI=1S/C15H13F2NO2/c16-12-5-1-10(2-6-12)9-18-14(15(19)20)11-3-7-13(17)8-4-11/h1-8,14,18H,9H2,(H,19,20). The maximum absolute atomic E-state index is 12.8. The van der Waals surface area contributed by atoms with Gasteiger partial charge in [0.25, 0.3) is 0 Å². The minimum absolute atomic E-state index is 0.272. The minimum Gasteiger partial charge on any atom is -0.480 e. The Bertz CT molecular complexity index is 582. The molecule has 2 rings (SSSR count). The molecular formula is C15H13F2NO2. The van der Waals surface area contributed by atoms with E-state index in [9.17, 15) is 18.7 Å². The Labute approximate surface area is 114 Å². The number of benzene rings is 2. The average molecular weight is 277 g/mol. The molecule has 0 aromatic heterocycles.